The van der Waals surface area contributed by atoms with Crippen LogP contribution in [-0.2, 0) is 14.8 Å². The first-order valence-electron chi connectivity index (χ1n) is 9.29. The molecule has 5 nitrogen and oxygen atoms in total. The normalized spacial score (nSPS) is 11.8. The van der Waals surface area contributed by atoms with Gasteiger partial charge in [0.2, 0.25) is 15.9 Å². The van der Waals surface area contributed by atoms with Crippen molar-refractivity contribution in [2.75, 3.05) is 18.9 Å². The number of likely N-dealkylation sites (N-methyl/N-ethyl adjacent to an activating group) is 1. The number of rotatable bonds is 5. The van der Waals surface area contributed by atoms with E-state index in [1.165, 1.54) is 7.05 Å². The van der Waals surface area contributed by atoms with Crippen molar-refractivity contribution in [3.63, 3.8) is 0 Å². The molecule has 0 aliphatic heterocycles. The Kier molecular flexibility index (Phi) is 6.36. The topological polar surface area (TPSA) is 66.5 Å². The molecule has 2 aromatic rings. The number of aryl methyl sites for hydroxylation is 2. The van der Waals surface area contributed by atoms with Crippen LogP contribution in [0.5, 0.6) is 0 Å². The number of benzene rings is 2. The van der Waals surface area contributed by atoms with E-state index in [0.717, 1.165) is 48.9 Å². The molecule has 0 fully saturated rings. The van der Waals surface area contributed by atoms with Crippen molar-refractivity contribution in [1.82, 2.24) is 4.31 Å². The van der Waals surface area contributed by atoms with Crippen molar-refractivity contribution in [2.45, 2.75) is 53.4 Å². The second-order valence-electron chi connectivity index (χ2n) is 7.53. The summed E-state index contributed by atoms with van der Waals surface area (Å²) in [5, 5.41) is 2.85. The molecule has 0 aromatic heterocycles. The van der Waals surface area contributed by atoms with Crippen LogP contribution in [0.3, 0.4) is 0 Å². The Balaban J connectivity index is 2.34. The molecular formula is C22H30N2O3S. The van der Waals surface area contributed by atoms with Crippen LogP contribution in [0.15, 0.2) is 23.1 Å². The molecule has 0 aliphatic rings. The molecule has 2 rings (SSSR count). The van der Waals surface area contributed by atoms with Crippen LogP contribution in [0, 0.1) is 48.5 Å². The lowest BCUT2D eigenvalue weighted by Crippen LogP contribution is -2.36. The van der Waals surface area contributed by atoms with Gasteiger partial charge >= 0.3 is 0 Å². The van der Waals surface area contributed by atoms with Crippen molar-refractivity contribution in [2.24, 2.45) is 0 Å². The highest BCUT2D eigenvalue weighted by Crippen LogP contribution is 2.31. The van der Waals surface area contributed by atoms with Crippen molar-refractivity contribution in [1.29, 1.82) is 0 Å². The van der Waals surface area contributed by atoms with E-state index in [4.69, 9.17) is 0 Å². The molecule has 28 heavy (non-hydrogen) atoms. The fraction of sp³-hybridized carbons (Fsp3) is 0.409. The van der Waals surface area contributed by atoms with E-state index in [9.17, 15) is 13.2 Å². The number of amides is 1. The number of nitrogens with one attached hydrogen (secondary N) is 1. The molecule has 152 valence electrons. The molecule has 2 aromatic carbocycles. The standard InChI is InChI=1S/C22H30N2O3S/c1-13-10-9-11-14(2)21(13)23-20(25)12-24(8)28(26,27)22-18(6)16(4)15(3)17(5)19(22)7/h9-11H,12H2,1-8H3,(H,23,25). The zero-order valence-corrected chi connectivity index (χ0v) is 18.8. The molecule has 0 atom stereocenters. The first kappa shape index (κ1) is 22.1. The third-order valence-corrected chi connectivity index (χ3v) is 7.79. The maximum absolute atomic E-state index is 13.3. The molecule has 1 amide bonds. The fourth-order valence-corrected chi connectivity index (χ4v) is 5.17. The van der Waals surface area contributed by atoms with Crippen LogP contribution in [0.25, 0.3) is 0 Å². The quantitative estimate of drug-likeness (QED) is 0.819. The van der Waals surface area contributed by atoms with E-state index >= 15 is 0 Å². The van der Waals surface area contributed by atoms with E-state index < -0.39 is 10.0 Å². The summed E-state index contributed by atoms with van der Waals surface area (Å²) >= 11 is 0. The first-order chi connectivity index (χ1) is 12.9. The summed E-state index contributed by atoms with van der Waals surface area (Å²) in [6.45, 7) is 13.1. The zero-order valence-electron chi connectivity index (χ0n) is 18.0. The second-order valence-corrected chi connectivity index (χ2v) is 9.51. The minimum absolute atomic E-state index is 0.249. The number of nitrogens with zero attached hydrogens (tertiary/aromatic N) is 1. The second kappa shape index (κ2) is 8.05. The van der Waals surface area contributed by atoms with E-state index in [-0.39, 0.29) is 12.5 Å². The summed E-state index contributed by atoms with van der Waals surface area (Å²) in [4.78, 5) is 12.8. The third-order valence-electron chi connectivity index (χ3n) is 5.71. The lowest BCUT2D eigenvalue weighted by atomic mass is 9.95. The summed E-state index contributed by atoms with van der Waals surface area (Å²) in [5.41, 5.74) is 7.12. The molecule has 0 saturated heterocycles. The Hall–Kier alpha value is -2.18. The number of anilines is 1. The molecule has 0 spiro atoms. The van der Waals surface area contributed by atoms with Gasteiger partial charge in [-0.15, -0.1) is 0 Å². The molecule has 0 radical (unpaired) electrons. The third kappa shape index (κ3) is 3.98. The maximum Gasteiger partial charge on any atom is 0.243 e. The van der Waals surface area contributed by atoms with E-state index in [1.54, 1.807) is 0 Å². The molecule has 0 aliphatic carbocycles. The van der Waals surface area contributed by atoms with Crippen molar-refractivity contribution >= 4 is 21.6 Å². The Morgan fingerprint density at radius 3 is 1.75 bits per heavy atom. The van der Waals surface area contributed by atoms with Crippen molar-refractivity contribution < 1.29 is 13.2 Å². The summed E-state index contributed by atoms with van der Waals surface area (Å²) in [5.74, 6) is -0.362. The highest BCUT2D eigenvalue weighted by molar-refractivity contribution is 7.89. The first-order valence-corrected chi connectivity index (χ1v) is 10.7. The average Bonchev–Trinajstić information content (AvgIpc) is 2.61. The van der Waals surface area contributed by atoms with Crippen LogP contribution in [0.4, 0.5) is 5.69 Å². The van der Waals surface area contributed by atoms with E-state index in [1.807, 2.05) is 66.7 Å². The SMILES string of the molecule is Cc1cccc(C)c1NC(=O)CN(C)S(=O)(=O)c1c(C)c(C)c(C)c(C)c1C. The predicted octanol–water partition coefficient (Wildman–Crippen LogP) is 4.10. The van der Waals surface area contributed by atoms with Gasteiger partial charge in [-0.2, -0.15) is 4.31 Å². The van der Waals surface area contributed by atoms with Crippen LogP contribution >= 0.6 is 0 Å². The molecule has 0 saturated carbocycles. The van der Waals surface area contributed by atoms with Gasteiger partial charge in [0.25, 0.3) is 0 Å². The smallest absolute Gasteiger partial charge is 0.243 e. The zero-order chi connectivity index (χ0) is 21.4. The number of sulfonamides is 1. The Morgan fingerprint density at radius 2 is 1.29 bits per heavy atom. The monoisotopic (exact) mass is 402 g/mol. The van der Waals surface area contributed by atoms with Crippen LogP contribution in [0.2, 0.25) is 0 Å². The van der Waals surface area contributed by atoms with Gasteiger partial charge < -0.3 is 5.32 Å². The van der Waals surface area contributed by atoms with Gasteiger partial charge in [0, 0.05) is 12.7 Å². The molecule has 0 heterocycles. The van der Waals surface area contributed by atoms with Gasteiger partial charge in [0.15, 0.2) is 0 Å². The van der Waals surface area contributed by atoms with Crippen molar-refractivity contribution in [3.8, 4) is 0 Å². The minimum Gasteiger partial charge on any atom is -0.324 e. The van der Waals surface area contributed by atoms with Crippen LogP contribution in [-0.4, -0.2) is 32.2 Å². The van der Waals surface area contributed by atoms with Crippen LogP contribution in [0.1, 0.15) is 38.9 Å². The molecule has 0 unspecified atom stereocenters. The Morgan fingerprint density at radius 1 is 0.857 bits per heavy atom. The summed E-state index contributed by atoms with van der Waals surface area (Å²) < 4.78 is 27.6. The van der Waals surface area contributed by atoms with Gasteiger partial charge in [-0.05, 0) is 87.4 Å². The number of carbonyl (C=O) groups is 1. The molecule has 0 bridgehead atoms. The lowest BCUT2D eigenvalue weighted by Gasteiger charge is -2.23. The van der Waals surface area contributed by atoms with Crippen LogP contribution < -0.4 is 5.32 Å². The number of hydrogen-bond donors (Lipinski definition) is 1. The van der Waals surface area contributed by atoms with Gasteiger partial charge in [0.05, 0.1) is 11.4 Å². The Labute approximate surface area is 168 Å². The van der Waals surface area contributed by atoms with Gasteiger partial charge in [0.1, 0.15) is 0 Å². The van der Waals surface area contributed by atoms with Gasteiger partial charge in [-0.3, -0.25) is 4.79 Å². The largest absolute Gasteiger partial charge is 0.324 e. The van der Waals surface area contributed by atoms with Crippen molar-refractivity contribution in [3.05, 3.63) is 57.1 Å². The summed E-state index contributed by atoms with van der Waals surface area (Å²) in [6.07, 6.45) is 0. The number of carbonyl (C=O) groups excluding carboxylic acids is 1. The molecule has 1 N–H and O–H groups in total. The number of hydrogen-bond acceptors (Lipinski definition) is 3. The highest BCUT2D eigenvalue weighted by Gasteiger charge is 2.29. The summed E-state index contributed by atoms with van der Waals surface area (Å²) in [7, 11) is -2.35. The predicted molar refractivity (Wildman–Crippen MR) is 114 cm³/mol. The minimum atomic E-state index is -3.80. The average molecular weight is 403 g/mol. The maximum atomic E-state index is 13.3. The Bertz CT molecular complexity index is 991. The van der Waals surface area contributed by atoms with E-state index in [0.29, 0.717) is 4.90 Å². The van der Waals surface area contributed by atoms with Gasteiger partial charge in [-0.25, -0.2) is 8.42 Å². The summed E-state index contributed by atoms with van der Waals surface area (Å²) in [6, 6.07) is 5.74. The molecule has 6 heteroatoms. The number of para-hydroxylation sites is 1. The lowest BCUT2D eigenvalue weighted by molar-refractivity contribution is -0.116. The fourth-order valence-electron chi connectivity index (χ4n) is 3.49. The van der Waals surface area contributed by atoms with E-state index in [2.05, 4.69) is 5.32 Å². The molecular weight excluding hydrogens is 372 g/mol. The van der Waals surface area contributed by atoms with Gasteiger partial charge in [-0.1, -0.05) is 18.2 Å². The highest BCUT2D eigenvalue weighted by atomic mass is 32.2.